The first-order chi connectivity index (χ1) is 11.5. The summed E-state index contributed by atoms with van der Waals surface area (Å²) < 4.78 is 7.32. The highest BCUT2D eigenvalue weighted by molar-refractivity contribution is 7.14. The van der Waals surface area contributed by atoms with Crippen molar-refractivity contribution in [2.75, 3.05) is 0 Å². The van der Waals surface area contributed by atoms with Crippen LogP contribution in [0.15, 0.2) is 16.1 Å². The van der Waals surface area contributed by atoms with Crippen LogP contribution in [0.1, 0.15) is 63.7 Å². The van der Waals surface area contributed by atoms with E-state index in [1.165, 1.54) is 11.3 Å². The summed E-state index contributed by atoms with van der Waals surface area (Å²) in [6, 6.07) is -0.296. The zero-order valence-corrected chi connectivity index (χ0v) is 14.1. The first-order valence-electron chi connectivity index (χ1n) is 7.79. The average Bonchev–Trinajstić information content (AvgIpc) is 3.18. The summed E-state index contributed by atoms with van der Waals surface area (Å²) in [7, 11) is 0. The number of Topliss-reactive ketones (excluding diaryl/α,β-unsaturated/α-hetero) is 1. The second-order valence-electron chi connectivity index (χ2n) is 5.93. The maximum absolute atomic E-state index is 12.7. The molecule has 1 unspecified atom stereocenters. The Morgan fingerprint density at radius 1 is 1.46 bits per heavy atom. The van der Waals surface area contributed by atoms with Gasteiger partial charge in [-0.25, -0.2) is 9.50 Å². The predicted molar refractivity (Wildman–Crippen MR) is 87.5 cm³/mol. The Labute approximate surface area is 141 Å². The topological polar surface area (TPSA) is 89.5 Å². The number of rotatable bonds is 3. The summed E-state index contributed by atoms with van der Waals surface area (Å²) in [5, 5.41) is 7.04. The van der Waals surface area contributed by atoms with Gasteiger partial charge < -0.3 is 9.73 Å². The molecule has 0 fully saturated rings. The van der Waals surface area contributed by atoms with E-state index in [4.69, 9.17) is 4.42 Å². The van der Waals surface area contributed by atoms with Crippen LogP contribution in [-0.4, -0.2) is 26.3 Å². The molecule has 1 aliphatic rings. The number of fused-ring (bicyclic) bond motifs is 2. The van der Waals surface area contributed by atoms with Crippen LogP contribution in [0.25, 0.3) is 4.96 Å². The summed E-state index contributed by atoms with van der Waals surface area (Å²) >= 11 is 1.43. The van der Waals surface area contributed by atoms with E-state index in [0.29, 0.717) is 35.5 Å². The van der Waals surface area contributed by atoms with Gasteiger partial charge in [0.1, 0.15) is 17.0 Å². The molecule has 0 bridgehead atoms. The van der Waals surface area contributed by atoms with Gasteiger partial charge in [0, 0.05) is 12.8 Å². The van der Waals surface area contributed by atoms with Crippen LogP contribution >= 0.6 is 11.3 Å². The second-order valence-corrected chi connectivity index (χ2v) is 6.75. The molecule has 1 amide bonds. The summed E-state index contributed by atoms with van der Waals surface area (Å²) in [5.74, 6) is 0.808. The van der Waals surface area contributed by atoms with Crippen molar-refractivity contribution in [3.05, 3.63) is 40.0 Å². The first-order valence-corrected chi connectivity index (χ1v) is 8.67. The molecule has 4 rings (SSSR count). The molecule has 8 heteroatoms. The number of nitrogens with zero attached hydrogens (tertiary/aromatic N) is 3. The van der Waals surface area contributed by atoms with E-state index in [-0.39, 0.29) is 17.7 Å². The van der Waals surface area contributed by atoms with Gasteiger partial charge >= 0.3 is 0 Å². The minimum Gasteiger partial charge on any atom is -0.465 e. The second kappa shape index (κ2) is 5.55. The molecule has 0 spiro atoms. The van der Waals surface area contributed by atoms with Crippen LogP contribution in [0.5, 0.6) is 0 Å². The number of aryl methyl sites for hydroxylation is 2. The van der Waals surface area contributed by atoms with Crippen LogP contribution in [0.4, 0.5) is 0 Å². The van der Waals surface area contributed by atoms with Crippen molar-refractivity contribution >= 4 is 28.0 Å². The minimum absolute atomic E-state index is 0.0161. The fourth-order valence-corrected chi connectivity index (χ4v) is 3.70. The lowest BCUT2D eigenvalue weighted by Gasteiger charge is -2.13. The molecule has 0 aromatic carbocycles. The molecule has 0 saturated carbocycles. The zero-order valence-electron chi connectivity index (χ0n) is 13.3. The molecule has 24 heavy (non-hydrogen) atoms. The SMILES string of the molecule is Cc1oc2c(c1C(=O)NC(C)c1cn3ncsc3n1)C(=O)CCC2. The maximum atomic E-state index is 12.7. The number of carbonyl (C=O) groups is 2. The van der Waals surface area contributed by atoms with Crippen molar-refractivity contribution < 1.29 is 14.0 Å². The van der Waals surface area contributed by atoms with Crippen molar-refractivity contribution in [1.82, 2.24) is 19.9 Å². The van der Waals surface area contributed by atoms with E-state index in [1.807, 2.05) is 6.92 Å². The Morgan fingerprint density at radius 3 is 3.08 bits per heavy atom. The largest absolute Gasteiger partial charge is 0.465 e. The number of imidazole rings is 1. The van der Waals surface area contributed by atoms with Crippen molar-refractivity contribution in [2.45, 2.75) is 39.2 Å². The molecule has 0 radical (unpaired) electrons. The summed E-state index contributed by atoms with van der Waals surface area (Å²) in [6.07, 6.45) is 3.73. The molecular formula is C16H16N4O3S. The molecule has 7 nitrogen and oxygen atoms in total. The predicted octanol–water partition coefficient (Wildman–Crippen LogP) is 2.70. The first kappa shape index (κ1) is 15.1. The number of hydrogen-bond acceptors (Lipinski definition) is 6. The molecule has 124 valence electrons. The molecule has 1 N–H and O–H groups in total. The van der Waals surface area contributed by atoms with Gasteiger partial charge in [0.25, 0.3) is 5.91 Å². The van der Waals surface area contributed by atoms with Gasteiger partial charge in [0.05, 0.1) is 29.1 Å². The van der Waals surface area contributed by atoms with Crippen LogP contribution in [0.3, 0.4) is 0 Å². The molecule has 3 aromatic heterocycles. The lowest BCUT2D eigenvalue weighted by Crippen LogP contribution is -2.29. The number of carbonyl (C=O) groups excluding carboxylic acids is 2. The maximum Gasteiger partial charge on any atom is 0.256 e. The molecule has 1 atom stereocenters. The van der Waals surface area contributed by atoms with Crippen LogP contribution < -0.4 is 5.32 Å². The third kappa shape index (κ3) is 2.34. The zero-order chi connectivity index (χ0) is 16.8. The van der Waals surface area contributed by atoms with E-state index >= 15 is 0 Å². The van der Waals surface area contributed by atoms with Gasteiger partial charge in [-0.2, -0.15) is 5.10 Å². The van der Waals surface area contributed by atoms with Crippen LogP contribution in [0.2, 0.25) is 0 Å². The number of ketones is 1. The van der Waals surface area contributed by atoms with Gasteiger partial charge in [-0.3, -0.25) is 9.59 Å². The van der Waals surface area contributed by atoms with Crippen molar-refractivity contribution in [3.8, 4) is 0 Å². The molecule has 1 aliphatic carbocycles. The Morgan fingerprint density at radius 2 is 2.29 bits per heavy atom. The standard InChI is InChI=1S/C16H16N4O3S/c1-8(10-6-20-16(19-10)24-7-17-20)18-15(22)13-9(2)23-12-5-3-4-11(21)14(12)13/h6-8H,3-5H2,1-2H3,(H,18,22). The van der Waals surface area contributed by atoms with E-state index in [9.17, 15) is 9.59 Å². The summed E-state index contributed by atoms with van der Waals surface area (Å²) in [6.45, 7) is 3.58. The van der Waals surface area contributed by atoms with E-state index in [0.717, 1.165) is 17.1 Å². The Hall–Kier alpha value is -2.48. The van der Waals surface area contributed by atoms with E-state index < -0.39 is 0 Å². The van der Waals surface area contributed by atoms with Crippen molar-refractivity contribution in [1.29, 1.82) is 0 Å². The summed E-state index contributed by atoms with van der Waals surface area (Å²) in [4.78, 5) is 30.1. The third-order valence-corrected chi connectivity index (χ3v) is 4.96. The van der Waals surface area contributed by atoms with Gasteiger partial charge in [-0.15, -0.1) is 0 Å². The number of aromatic nitrogens is 3. The van der Waals surface area contributed by atoms with Crippen LogP contribution in [0, 0.1) is 6.92 Å². The minimum atomic E-state index is -0.301. The van der Waals surface area contributed by atoms with Gasteiger partial charge in [0.15, 0.2) is 5.78 Å². The van der Waals surface area contributed by atoms with Gasteiger partial charge in [-0.05, 0) is 20.3 Å². The van der Waals surface area contributed by atoms with Crippen molar-refractivity contribution in [3.63, 3.8) is 0 Å². The molecule has 0 saturated heterocycles. The molecule has 0 aliphatic heterocycles. The Bertz CT molecular complexity index is 923. The number of hydrogen-bond donors (Lipinski definition) is 1. The van der Waals surface area contributed by atoms with Gasteiger partial charge in [-0.1, -0.05) is 11.3 Å². The number of amides is 1. The summed E-state index contributed by atoms with van der Waals surface area (Å²) in [5.41, 5.74) is 3.25. The highest BCUT2D eigenvalue weighted by atomic mass is 32.1. The monoisotopic (exact) mass is 344 g/mol. The fourth-order valence-electron chi connectivity index (χ4n) is 3.09. The van der Waals surface area contributed by atoms with Gasteiger partial charge in [0.2, 0.25) is 4.96 Å². The third-order valence-electron chi connectivity index (χ3n) is 4.27. The van der Waals surface area contributed by atoms with Crippen LogP contribution in [-0.2, 0) is 6.42 Å². The smallest absolute Gasteiger partial charge is 0.256 e. The number of nitrogens with one attached hydrogen (secondary N) is 1. The normalized spacial score (nSPS) is 15.5. The van der Waals surface area contributed by atoms with Crippen molar-refractivity contribution in [2.24, 2.45) is 0 Å². The molecule has 3 aromatic rings. The van der Waals surface area contributed by atoms with E-state index in [2.05, 4.69) is 15.4 Å². The molecular weight excluding hydrogens is 328 g/mol. The lowest BCUT2D eigenvalue weighted by molar-refractivity contribution is 0.0917. The quantitative estimate of drug-likeness (QED) is 0.789. The highest BCUT2D eigenvalue weighted by Crippen LogP contribution is 2.30. The molecule has 3 heterocycles. The fraction of sp³-hybridized carbons (Fsp3) is 0.375. The average molecular weight is 344 g/mol. The number of furan rings is 1. The highest BCUT2D eigenvalue weighted by Gasteiger charge is 2.31. The Kier molecular flexibility index (Phi) is 3.49. The Balaban J connectivity index is 1.61. The van der Waals surface area contributed by atoms with E-state index in [1.54, 1.807) is 23.1 Å². The lowest BCUT2D eigenvalue weighted by atomic mass is 9.93.